The Bertz CT molecular complexity index is 300. The molecule has 0 fully saturated rings. The summed E-state index contributed by atoms with van der Waals surface area (Å²) in [6, 6.07) is 0. The first-order valence-electron chi connectivity index (χ1n) is 3.52. The molecule has 0 rings (SSSR count). The van der Waals surface area contributed by atoms with E-state index in [1.54, 1.807) is 0 Å². The van der Waals surface area contributed by atoms with Crippen molar-refractivity contribution in [3.05, 3.63) is 0 Å². The van der Waals surface area contributed by atoms with Crippen LogP contribution in [0, 0.1) is 0 Å². The Morgan fingerprint density at radius 1 is 0.824 bits per heavy atom. The monoisotopic (exact) mass is 300 g/mol. The summed E-state index contributed by atoms with van der Waals surface area (Å²) in [5.74, 6) is 0. The maximum Gasteiger partial charge on any atom is 0.397 e. The smallest absolute Gasteiger partial charge is 0.344 e. The molecule has 17 heavy (non-hydrogen) atoms. The molecule has 0 heterocycles. The molecule has 0 atom stereocenters. The van der Waals surface area contributed by atoms with E-state index in [9.17, 15) is 16.8 Å². The molecule has 10 nitrogen and oxygen atoms in total. The van der Waals surface area contributed by atoms with Crippen LogP contribution in [0.5, 0.6) is 0 Å². The van der Waals surface area contributed by atoms with Gasteiger partial charge in [-0.05, 0) is 21.1 Å². The third-order valence-corrected chi connectivity index (χ3v) is 1.26. The Morgan fingerprint density at radius 2 is 0.882 bits per heavy atom. The quantitative estimate of drug-likeness (QED) is 0.550. The second-order valence-electron chi connectivity index (χ2n) is 2.53. The summed E-state index contributed by atoms with van der Waals surface area (Å²) >= 11 is 0. The maximum atomic E-state index is 9.33. The molecule has 0 amide bonds. The molecule has 12 heteroatoms. The number of hydrogen-bond donors (Lipinski definition) is 3. The van der Waals surface area contributed by atoms with E-state index >= 15 is 0 Å². The van der Waals surface area contributed by atoms with Crippen LogP contribution < -0.4 is 6.15 Å². The lowest BCUT2D eigenvalue weighted by molar-refractivity contribution is 0.323. The Morgan fingerprint density at radius 3 is 0.882 bits per heavy atom. The van der Waals surface area contributed by atoms with Crippen molar-refractivity contribution < 1.29 is 34.3 Å². The molecule has 0 aromatic carbocycles. The lowest BCUT2D eigenvalue weighted by Crippen LogP contribution is -1.99. The van der Waals surface area contributed by atoms with E-state index in [0.717, 1.165) is 14.2 Å². The third-order valence-electron chi connectivity index (χ3n) is 0.421. The van der Waals surface area contributed by atoms with Crippen LogP contribution in [0.3, 0.4) is 0 Å². The van der Waals surface area contributed by atoms with Crippen molar-refractivity contribution in [1.82, 2.24) is 11.1 Å². The summed E-state index contributed by atoms with van der Waals surface area (Å²) in [4.78, 5) is 2.00. The molecule has 0 aliphatic rings. The SMILES string of the molecule is CN(C)C.COS(=O)(=O)O.COS(=O)(=O)O.N. The fourth-order valence-electron chi connectivity index (χ4n) is 0. The van der Waals surface area contributed by atoms with Crippen LogP contribution in [0.1, 0.15) is 0 Å². The van der Waals surface area contributed by atoms with Crippen molar-refractivity contribution >= 4 is 20.8 Å². The summed E-state index contributed by atoms with van der Waals surface area (Å²) in [6.45, 7) is 0. The van der Waals surface area contributed by atoms with Crippen molar-refractivity contribution in [2.45, 2.75) is 0 Å². The minimum absolute atomic E-state index is 0. The van der Waals surface area contributed by atoms with Crippen LogP contribution in [0.2, 0.25) is 0 Å². The molecule has 0 aromatic rings. The Kier molecular flexibility index (Phi) is 18.2. The van der Waals surface area contributed by atoms with Gasteiger partial charge in [0.05, 0.1) is 14.2 Å². The van der Waals surface area contributed by atoms with Crippen molar-refractivity contribution in [3.8, 4) is 0 Å². The van der Waals surface area contributed by atoms with Gasteiger partial charge in [0.25, 0.3) is 0 Å². The standard InChI is InChI=1S/C3H9N.2CH4O4S.H3N/c1-4(2)3;2*1-5-6(2,3)4;/h1-3H3;2*1H3,(H,2,3,4);1H3. The molecule has 0 aliphatic carbocycles. The van der Waals surface area contributed by atoms with Gasteiger partial charge >= 0.3 is 20.8 Å². The molecular formula is C5H20N2O8S2. The highest BCUT2D eigenvalue weighted by atomic mass is 32.3. The largest absolute Gasteiger partial charge is 0.397 e. The van der Waals surface area contributed by atoms with Crippen molar-refractivity contribution in [2.24, 2.45) is 0 Å². The summed E-state index contributed by atoms with van der Waals surface area (Å²) in [6.07, 6.45) is 0. The van der Waals surface area contributed by atoms with Crippen molar-refractivity contribution in [1.29, 1.82) is 0 Å². The van der Waals surface area contributed by atoms with Crippen LogP contribution in [0.25, 0.3) is 0 Å². The van der Waals surface area contributed by atoms with Gasteiger partial charge in [0, 0.05) is 0 Å². The second-order valence-corrected chi connectivity index (χ2v) is 4.91. The Labute approximate surface area is 102 Å². The van der Waals surface area contributed by atoms with Gasteiger partial charge in [0.15, 0.2) is 0 Å². The lowest BCUT2D eigenvalue weighted by atomic mass is 11.0. The van der Waals surface area contributed by atoms with E-state index < -0.39 is 20.8 Å². The third kappa shape index (κ3) is 91.2. The van der Waals surface area contributed by atoms with Crippen LogP contribution in [-0.2, 0) is 29.2 Å². The predicted octanol–water partition coefficient (Wildman–Crippen LogP) is -0.789. The summed E-state index contributed by atoms with van der Waals surface area (Å²) < 4.78 is 59.4. The van der Waals surface area contributed by atoms with Crippen LogP contribution in [0.15, 0.2) is 0 Å². The minimum atomic E-state index is -4.16. The molecule has 110 valence electrons. The van der Waals surface area contributed by atoms with Crippen LogP contribution in [0.4, 0.5) is 0 Å². The normalized spacial score (nSPS) is 10.4. The first kappa shape index (κ1) is 25.5. The van der Waals surface area contributed by atoms with Gasteiger partial charge in [0.1, 0.15) is 0 Å². The highest BCUT2D eigenvalue weighted by Crippen LogP contribution is 1.75. The van der Waals surface area contributed by atoms with E-state index in [1.165, 1.54) is 0 Å². The molecule has 0 aromatic heterocycles. The van der Waals surface area contributed by atoms with Crippen LogP contribution in [-0.4, -0.2) is 66.2 Å². The van der Waals surface area contributed by atoms with Gasteiger partial charge in [-0.2, -0.15) is 16.8 Å². The Balaban J connectivity index is -0.0000000741. The highest BCUT2D eigenvalue weighted by molar-refractivity contribution is 7.81. The van der Waals surface area contributed by atoms with Gasteiger partial charge in [-0.15, -0.1) is 0 Å². The summed E-state index contributed by atoms with van der Waals surface area (Å²) in [5.41, 5.74) is 0. The molecule has 0 radical (unpaired) electrons. The fourth-order valence-corrected chi connectivity index (χ4v) is 0. The van der Waals surface area contributed by atoms with E-state index in [-0.39, 0.29) is 6.15 Å². The molecule has 0 bridgehead atoms. The summed E-state index contributed by atoms with van der Waals surface area (Å²) in [5, 5.41) is 0. The second kappa shape index (κ2) is 12.1. The zero-order valence-electron chi connectivity index (χ0n) is 10.3. The van der Waals surface area contributed by atoms with Gasteiger partial charge in [0.2, 0.25) is 0 Å². The molecule has 0 aliphatic heterocycles. The molecular weight excluding hydrogens is 280 g/mol. The van der Waals surface area contributed by atoms with Gasteiger partial charge < -0.3 is 11.1 Å². The fraction of sp³-hybridized carbons (Fsp3) is 1.00. The van der Waals surface area contributed by atoms with Gasteiger partial charge in [-0.1, -0.05) is 0 Å². The zero-order chi connectivity index (χ0) is 14.0. The first-order valence-corrected chi connectivity index (χ1v) is 6.25. The Hall–Kier alpha value is -0.340. The topological polar surface area (TPSA) is 165 Å². The van der Waals surface area contributed by atoms with Crippen molar-refractivity contribution in [3.63, 3.8) is 0 Å². The maximum absolute atomic E-state index is 9.33. The molecule has 0 spiro atoms. The van der Waals surface area contributed by atoms with E-state index in [2.05, 4.69) is 8.37 Å². The number of hydrogen-bond acceptors (Lipinski definition) is 8. The first-order chi connectivity index (χ1) is 6.85. The average molecular weight is 300 g/mol. The van der Waals surface area contributed by atoms with Gasteiger partial charge in [-0.25, -0.2) is 0 Å². The van der Waals surface area contributed by atoms with E-state index in [4.69, 9.17) is 9.11 Å². The summed E-state index contributed by atoms with van der Waals surface area (Å²) in [7, 11) is -0.583. The van der Waals surface area contributed by atoms with E-state index in [1.807, 2.05) is 26.0 Å². The van der Waals surface area contributed by atoms with Crippen molar-refractivity contribution in [2.75, 3.05) is 35.4 Å². The molecule has 0 saturated heterocycles. The number of nitrogens with zero attached hydrogens (tertiary/aromatic N) is 1. The van der Waals surface area contributed by atoms with Crippen LogP contribution >= 0.6 is 0 Å². The average Bonchev–Trinajstić information content (AvgIpc) is 2.02. The predicted molar refractivity (Wildman–Crippen MR) is 61.7 cm³/mol. The zero-order valence-corrected chi connectivity index (χ0v) is 11.9. The highest BCUT2D eigenvalue weighted by Gasteiger charge is 1.94. The molecule has 0 unspecified atom stereocenters. The minimum Gasteiger partial charge on any atom is -0.344 e. The lowest BCUT2D eigenvalue weighted by Gasteiger charge is -1.90. The van der Waals surface area contributed by atoms with E-state index in [0.29, 0.717) is 0 Å². The van der Waals surface area contributed by atoms with Gasteiger partial charge in [-0.3, -0.25) is 17.5 Å². The number of rotatable bonds is 2. The molecule has 5 N–H and O–H groups in total. The molecule has 0 saturated carbocycles.